The van der Waals surface area contributed by atoms with Crippen molar-refractivity contribution in [3.63, 3.8) is 0 Å². The average Bonchev–Trinajstić information content (AvgIpc) is 2.94. The molecular weight excluding hydrogens is 274 g/mol. The number of urea groups is 1. The summed E-state index contributed by atoms with van der Waals surface area (Å²) in [6.07, 6.45) is -0.997. The summed E-state index contributed by atoms with van der Waals surface area (Å²) in [5, 5.41) is 14.2. The van der Waals surface area contributed by atoms with E-state index in [2.05, 4.69) is 5.16 Å². The Hall–Kier alpha value is -1.60. The number of carbonyl (C=O) groups excluding carboxylic acids is 1. The number of amides is 2. The molecule has 118 valence electrons. The van der Waals surface area contributed by atoms with Crippen molar-refractivity contribution in [3.8, 4) is 0 Å². The Morgan fingerprint density at radius 1 is 1.48 bits per heavy atom. The van der Waals surface area contributed by atoms with Gasteiger partial charge in [0.25, 0.3) is 0 Å². The highest BCUT2D eigenvalue weighted by Gasteiger charge is 2.46. The summed E-state index contributed by atoms with van der Waals surface area (Å²) in [5.41, 5.74) is -0.219. The van der Waals surface area contributed by atoms with Crippen molar-refractivity contribution in [3.05, 3.63) is 11.8 Å². The molecule has 2 heterocycles. The first-order valence-electron chi connectivity index (χ1n) is 7.10. The van der Waals surface area contributed by atoms with E-state index in [-0.39, 0.29) is 11.4 Å². The number of aliphatic hydroxyl groups is 1. The average molecular weight is 297 g/mol. The van der Waals surface area contributed by atoms with Crippen LogP contribution in [-0.4, -0.2) is 47.3 Å². The molecule has 2 atom stereocenters. The quantitative estimate of drug-likeness (QED) is 0.918. The largest absolute Gasteiger partial charge is 0.369 e. The zero-order chi connectivity index (χ0) is 15.8. The maximum atomic E-state index is 12.3. The molecule has 0 spiro atoms. The van der Waals surface area contributed by atoms with Gasteiger partial charge in [0, 0.05) is 25.1 Å². The molecule has 21 heavy (non-hydrogen) atoms. The minimum atomic E-state index is -1.10. The Kier molecular flexibility index (Phi) is 4.25. The highest BCUT2D eigenvalue weighted by atomic mass is 16.5. The zero-order valence-corrected chi connectivity index (χ0v) is 13.2. The predicted molar refractivity (Wildman–Crippen MR) is 76.9 cm³/mol. The molecular formula is C14H23N3O4. The van der Waals surface area contributed by atoms with E-state index in [1.54, 1.807) is 13.1 Å². The SMILES string of the molecule is CCCO[C@@H]1C(O)N(c2cc(C(C)(C)C)on2)C(=O)N1C. The smallest absolute Gasteiger partial charge is 0.330 e. The van der Waals surface area contributed by atoms with Crippen molar-refractivity contribution in [1.29, 1.82) is 0 Å². The molecule has 0 aromatic carbocycles. The molecule has 1 unspecified atom stereocenters. The van der Waals surface area contributed by atoms with Crippen molar-refractivity contribution in [2.24, 2.45) is 0 Å². The first-order chi connectivity index (χ1) is 9.77. The molecule has 0 saturated carbocycles. The van der Waals surface area contributed by atoms with E-state index < -0.39 is 12.5 Å². The van der Waals surface area contributed by atoms with Crippen molar-refractivity contribution in [2.45, 2.75) is 52.0 Å². The molecule has 1 aromatic heterocycles. The maximum absolute atomic E-state index is 12.3. The van der Waals surface area contributed by atoms with E-state index in [4.69, 9.17) is 9.26 Å². The van der Waals surface area contributed by atoms with Crippen LogP contribution >= 0.6 is 0 Å². The lowest BCUT2D eigenvalue weighted by Crippen LogP contribution is -2.38. The fourth-order valence-electron chi connectivity index (χ4n) is 2.12. The minimum absolute atomic E-state index is 0.219. The van der Waals surface area contributed by atoms with Gasteiger partial charge < -0.3 is 14.4 Å². The molecule has 1 aliphatic rings. The standard InChI is InChI=1S/C14H23N3O4/c1-6-7-20-12-11(18)17(13(19)16(12)5)10-8-9(21-15-10)14(2,3)4/h8,11-12,18H,6-7H2,1-5H3/t11?,12-/m1/s1. The molecule has 0 radical (unpaired) electrons. The van der Waals surface area contributed by atoms with Crippen molar-refractivity contribution >= 4 is 11.8 Å². The fraction of sp³-hybridized carbons (Fsp3) is 0.714. The van der Waals surface area contributed by atoms with E-state index in [1.165, 1.54) is 9.80 Å². The van der Waals surface area contributed by atoms with E-state index in [1.807, 2.05) is 27.7 Å². The topological polar surface area (TPSA) is 79.0 Å². The summed E-state index contributed by atoms with van der Waals surface area (Å²) in [6, 6.07) is 1.31. The predicted octanol–water partition coefficient (Wildman–Crippen LogP) is 1.92. The van der Waals surface area contributed by atoms with Gasteiger partial charge in [-0.1, -0.05) is 32.9 Å². The van der Waals surface area contributed by atoms with Crippen LogP contribution in [0.3, 0.4) is 0 Å². The number of aliphatic hydroxyl groups excluding tert-OH is 1. The van der Waals surface area contributed by atoms with Crippen molar-refractivity contribution in [1.82, 2.24) is 10.1 Å². The van der Waals surface area contributed by atoms with Gasteiger partial charge >= 0.3 is 6.03 Å². The van der Waals surface area contributed by atoms with E-state index in [9.17, 15) is 9.90 Å². The molecule has 1 aliphatic heterocycles. The molecule has 2 amide bonds. The number of anilines is 1. The van der Waals surface area contributed by atoms with Crippen LogP contribution in [0.25, 0.3) is 0 Å². The molecule has 7 heteroatoms. The molecule has 1 aromatic rings. The molecule has 2 rings (SSSR count). The van der Waals surface area contributed by atoms with Crippen LogP contribution < -0.4 is 4.90 Å². The highest BCUT2D eigenvalue weighted by molar-refractivity contribution is 5.93. The maximum Gasteiger partial charge on any atom is 0.330 e. The third-order valence-electron chi connectivity index (χ3n) is 3.39. The van der Waals surface area contributed by atoms with E-state index in [0.717, 1.165) is 6.42 Å². The van der Waals surface area contributed by atoms with Crippen LogP contribution in [0.2, 0.25) is 0 Å². The number of carbonyl (C=O) groups is 1. The zero-order valence-electron chi connectivity index (χ0n) is 13.2. The summed E-state index contributed by atoms with van der Waals surface area (Å²) >= 11 is 0. The molecule has 1 N–H and O–H groups in total. The number of hydrogen-bond acceptors (Lipinski definition) is 5. The number of ether oxygens (including phenoxy) is 1. The van der Waals surface area contributed by atoms with Gasteiger partial charge in [-0.05, 0) is 6.42 Å². The van der Waals surface area contributed by atoms with Crippen LogP contribution in [-0.2, 0) is 10.2 Å². The van der Waals surface area contributed by atoms with E-state index in [0.29, 0.717) is 18.2 Å². The number of rotatable bonds is 4. The fourth-order valence-corrected chi connectivity index (χ4v) is 2.12. The summed E-state index contributed by atoms with van der Waals surface area (Å²) in [5.74, 6) is 0.949. The van der Waals surface area contributed by atoms with Crippen molar-refractivity contribution in [2.75, 3.05) is 18.6 Å². The Bertz CT molecular complexity index is 509. The van der Waals surface area contributed by atoms with Gasteiger partial charge in [-0.25, -0.2) is 9.69 Å². The second kappa shape index (κ2) is 5.65. The Labute approximate surface area is 124 Å². The summed E-state index contributed by atoms with van der Waals surface area (Å²) in [4.78, 5) is 14.8. The first kappa shape index (κ1) is 15.8. The van der Waals surface area contributed by atoms with Gasteiger partial charge in [-0.2, -0.15) is 0 Å². The second-order valence-corrected chi connectivity index (χ2v) is 6.24. The van der Waals surface area contributed by atoms with Crippen LogP contribution in [0.15, 0.2) is 10.6 Å². The van der Waals surface area contributed by atoms with Crippen LogP contribution in [0.5, 0.6) is 0 Å². The third-order valence-corrected chi connectivity index (χ3v) is 3.39. The van der Waals surface area contributed by atoms with Crippen molar-refractivity contribution < 1.29 is 19.2 Å². The number of likely N-dealkylation sites (N-methyl/N-ethyl adjacent to an activating group) is 1. The number of hydrogen-bond donors (Lipinski definition) is 1. The van der Waals surface area contributed by atoms with Crippen LogP contribution in [0.4, 0.5) is 10.6 Å². The lowest BCUT2D eigenvalue weighted by atomic mass is 9.93. The molecule has 1 fully saturated rings. The second-order valence-electron chi connectivity index (χ2n) is 6.24. The van der Waals surface area contributed by atoms with Gasteiger partial charge in [0.1, 0.15) is 5.76 Å². The van der Waals surface area contributed by atoms with Gasteiger partial charge in [-0.15, -0.1) is 0 Å². The third kappa shape index (κ3) is 2.89. The lowest BCUT2D eigenvalue weighted by Gasteiger charge is -2.21. The van der Waals surface area contributed by atoms with Gasteiger partial charge in [0.2, 0.25) is 0 Å². The summed E-state index contributed by atoms with van der Waals surface area (Å²) in [6.45, 7) is 8.39. The lowest BCUT2D eigenvalue weighted by molar-refractivity contribution is -0.0731. The Morgan fingerprint density at radius 2 is 2.14 bits per heavy atom. The number of nitrogens with zero attached hydrogens (tertiary/aromatic N) is 3. The number of aromatic nitrogens is 1. The van der Waals surface area contributed by atoms with Crippen LogP contribution in [0.1, 0.15) is 39.9 Å². The first-order valence-corrected chi connectivity index (χ1v) is 7.10. The summed E-state index contributed by atoms with van der Waals surface area (Å²) < 4.78 is 10.8. The molecule has 0 bridgehead atoms. The molecule has 7 nitrogen and oxygen atoms in total. The summed E-state index contributed by atoms with van der Waals surface area (Å²) in [7, 11) is 1.59. The normalized spacial score (nSPS) is 23.2. The highest BCUT2D eigenvalue weighted by Crippen LogP contribution is 2.31. The monoisotopic (exact) mass is 297 g/mol. The van der Waals surface area contributed by atoms with Crippen LogP contribution in [0, 0.1) is 0 Å². The molecule has 1 saturated heterocycles. The van der Waals surface area contributed by atoms with Gasteiger partial charge in [-0.3, -0.25) is 4.90 Å². The minimum Gasteiger partial charge on any atom is -0.369 e. The van der Waals surface area contributed by atoms with Gasteiger partial charge in [0.05, 0.1) is 0 Å². The van der Waals surface area contributed by atoms with Gasteiger partial charge in [0.15, 0.2) is 18.3 Å². The van der Waals surface area contributed by atoms with E-state index >= 15 is 0 Å². The Morgan fingerprint density at radius 3 is 2.67 bits per heavy atom. The Balaban J connectivity index is 2.23. The molecule has 0 aliphatic carbocycles.